The van der Waals surface area contributed by atoms with Gasteiger partial charge in [-0.15, -0.1) is 0 Å². The highest BCUT2D eigenvalue weighted by Gasteiger charge is 2.21. The minimum absolute atomic E-state index is 0.121. The van der Waals surface area contributed by atoms with Gasteiger partial charge >= 0.3 is 0 Å². The molecule has 0 atom stereocenters. The minimum Gasteiger partial charge on any atom is -0.364 e. The maximum absolute atomic E-state index is 12.8. The molecule has 1 aromatic heterocycles. The maximum atomic E-state index is 12.8. The van der Waals surface area contributed by atoms with E-state index < -0.39 is 10.0 Å². The van der Waals surface area contributed by atoms with Crippen molar-refractivity contribution in [3.8, 4) is 0 Å². The van der Waals surface area contributed by atoms with Gasteiger partial charge in [0.1, 0.15) is 0 Å². The predicted octanol–water partition coefficient (Wildman–Crippen LogP) is 4.83. The average Bonchev–Trinajstić information content (AvgIpc) is 2.69. The van der Waals surface area contributed by atoms with E-state index in [0.29, 0.717) is 16.4 Å². The van der Waals surface area contributed by atoms with E-state index in [1.165, 1.54) is 18.6 Å². The molecule has 0 bridgehead atoms. The molecule has 1 aliphatic carbocycles. The monoisotopic (exact) mass is 416 g/mol. The molecule has 1 aliphatic rings. The lowest BCUT2D eigenvalue weighted by Crippen LogP contribution is -2.24. The van der Waals surface area contributed by atoms with Crippen molar-refractivity contribution in [3.05, 3.63) is 53.6 Å². The van der Waals surface area contributed by atoms with E-state index >= 15 is 0 Å². The Kier molecular flexibility index (Phi) is 5.37. The first-order valence-electron chi connectivity index (χ1n) is 9.33. The SMILES string of the molecule is O=S(=O)(Nc1nc2ccccc2nc1NC1CCCCC1)c1ccc(Cl)cc1. The third-order valence-electron chi connectivity index (χ3n) is 4.87. The molecule has 2 N–H and O–H groups in total. The van der Waals surface area contributed by atoms with Gasteiger partial charge in [-0.05, 0) is 49.2 Å². The number of rotatable bonds is 5. The van der Waals surface area contributed by atoms with Crippen LogP contribution < -0.4 is 10.0 Å². The normalized spacial score (nSPS) is 15.5. The summed E-state index contributed by atoms with van der Waals surface area (Å²) in [5, 5.41) is 3.88. The second kappa shape index (κ2) is 7.93. The lowest BCUT2D eigenvalue weighted by Gasteiger charge is -2.24. The van der Waals surface area contributed by atoms with Crippen LogP contribution in [-0.2, 0) is 10.0 Å². The van der Waals surface area contributed by atoms with Gasteiger partial charge in [0, 0.05) is 11.1 Å². The Labute approximate surface area is 169 Å². The molecule has 1 saturated carbocycles. The Morgan fingerprint density at radius 1 is 0.857 bits per heavy atom. The van der Waals surface area contributed by atoms with Gasteiger partial charge in [-0.3, -0.25) is 4.72 Å². The van der Waals surface area contributed by atoms with Crippen LogP contribution in [0.15, 0.2) is 53.4 Å². The van der Waals surface area contributed by atoms with Crippen LogP contribution >= 0.6 is 11.6 Å². The Morgan fingerprint density at radius 3 is 2.11 bits per heavy atom. The highest BCUT2D eigenvalue weighted by Crippen LogP contribution is 2.28. The Morgan fingerprint density at radius 2 is 1.46 bits per heavy atom. The number of para-hydroxylation sites is 2. The van der Waals surface area contributed by atoms with Gasteiger partial charge in [-0.25, -0.2) is 18.4 Å². The smallest absolute Gasteiger partial charge is 0.263 e. The summed E-state index contributed by atoms with van der Waals surface area (Å²) in [6, 6.07) is 13.7. The van der Waals surface area contributed by atoms with Crippen molar-refractivity contribution in [2.45, 2.75) is 43.0 Å². The lowest BCUT2D eigenvalue weighted by molar-refractivity contribution is 0.462. The molecule has 0 spiro atoms. The zero-order valence-corrected chi connectivity index (χ0v) is 16.8. The fourth-order valence-corrected chi connectivity index (χ4v) is 4.55. The molecule has 0 aliphatic heterocycles. The Balaban J connectivity index is 1.71. The topological polar surface area (TPSA) is 84.0 Å². The molecule has 28 heavy (non-hydrogen) atoms. The quantitative estimate of drug-likeness (QED) is 0.622. The largest absolute Gasteiger partial charge is 0.364 e. The minimum atomic E-state index is -3.81. The van der Waals surface area contributed by atoms with Gasteiger partial charge in [0.05, 0.1) is 15.9 Å². The molecule has 146 valence electrons. The third-order valence-corrected chi connectivity index (χ3v) is 6.48. The number of nitrogens with one attached hydrogen (secondary N) is 2. The number of hydrogen-bond donors (Lipinski definition) is 2. The summed E-state index contributed by atoms with van der Waals surface area (Å²) in [5.41, 5.74) is 1.35. The summed E-state index contributed by atoms with van der Waals surface area (Å²) >= 11 is 5.87. The maximum Gasteiger partial charge on any atom is 0.263 e. The van der Waals surface area contributed by atoms with Crippen LogP contribution in [0.5, 0.6) is 0 Å². The Hall–Kier alpha value is -2.38. The van der Waals surface area contributed by atoms with Crippen molar-refractivity contribution in [2.75, 3.05) is 10.0 Å². The molecule has 3 aromatic rings. The van der Waals surface area contributed by atoms with Gasteiger partial charge in [0.2, 0.25) is 0 Å². The van der Waals surface area contributed by atoms with Crippen LogP contribution in [0.1, 0.15) is 32.1 Å². The third kappa shape index (κ3) is 4.20. The number of benzene rings is 2. The second-order valence-electron chi connectivity index (χ2n) is 6.95. The van der Waals surface area contributed by atoms with Gasteiger partial charge in [0.25, 0.3) is 10.0 Å². The zero-order valence-electron chi connectivity index (χ0n) is 15.2. The number of halogens is 1. The summed E-state index contributed by atoms with van der Waals surface area (Å²) in [4.78, 5) is 9.29. The summed E-state index contributed by atoms with van der Waals surface area (Å²) in [5.74, 6) is 0.669. The summed E-state index contributed by atoms with van der Waals surface area (Å²) in [6.45, 7) is 0. The van der Waals surface area contributed by atoms with Crippen LogP contribution in [0.2, 0.25) is 5.02 Å². The van der Waals surface area contributed by atoms with Crippen LogP contribution in [0.4, 0.5) is 11.6 Å². The van der Waals surface area contributed by atoms with Crippen LogP contribution in [0.25, 0.3) is 11.0 Å². The van der Waals surface area contributed by atoms with E-state index in [9.17, 15) is 8.42 Å². The van der Waals surface area contributed by atoms with E-state index in [-0.39, 0.29) is 16.8 Å². The number of anilines is 2. The molecule has 0 amide bonds. The molecule has 1 heterocycles. The van der Waals surface area contributed by atoms with E-state index in [4.69, 9.17) is 11.6 Å². The Bertz CT molecular complexity index is 1080. The molecule has 2 aromatic carbocycles. The molecule has 0 radical (unpaired) electrons. The summed E-state index contributed by atoms with van der Waals surface area (Å²) in [6.07, 6.45) is 5.63. The number of aromatic nitrogens is 2. The lowest BCUT2D eigenvalue weighted by atomic mass is 9.95. The van der Waals surface area contributed by atoms with E-state index in [0.717, 1.165) is 31.2 Å². The number of fused-ring (bicyclic) bond motifs is 1. The highest BCUT2D eigenvalue weighted by molar-refractivity contribution is 7.92. The fraction of sp³-hybridized carbons (Fsp3) is 0.300. The highest BCUT2D eigenvalue weighted by atomic mass is 35.5. The van der Waals surface area contributed by atoms with Crippen molar-refractivity contribution >= 4 is 44.3 Å². The number of hydrogen-bond acceptors (Lipinski definition) is 5. The van der Waals surface area contributed by atoms with Crippen molar-refractivity contribution in [1.29, 1.82) is 0 Å². The number of sulfonamides is 1. The molecular weight excluding hydrogens is 396 g/mol. The van der Waals surface area contributed by atoms with E-state index in [1.54, 1.807) is 12.1 Å². The average molecular weight is 417 g/mol. The van der Waals surface area contributed by atoms with E-state index in [2.05, 4.69) is 20.0 Å². The van der Waals surface area contributed by atoms with E-state index in [1.807, 2.05) is 24.3 Å². The van der Waals surface area contributed by atoms with Gasteiger partial charge < -0.3 is 5.32 Å². The first kappa shape index (κ1) is 19.0. The van der Waals surface area contributed by atoms with Crippen molar-refractivity contribution in [1.82, 2.24) is 9.97 Å². The number of nitrogens with zero attached hydrogens (tertiary/aromatic N) is 2. The molecular formula is C20H21ClN4O2S. The van der Waals surface area contributed by atoms with Crippen LogP contribution in [-0.4, -0.2) is 24.4 Å². The predicted molar refractivity (Wildman–Crippen MR) is 112 cm³/mol. The van der Waals surface area contributed by atoms with Gasteiger partial charge in [-0.2, -0.15) is 0 Å². The van der Waals surface area contributed by atoms with Crippen LogP contribution in [0, 0.1) is 0 Å². The standard InChI is InChI=1S/C20H21ClN4O2S/c21-14-10-12-16(13-11-14)28(26,27)25-20-19(22-15-6-2-1-3-7-15)23-17-8-4-5-9-18(17)24-20/h4-5,8-13,15H,1-3,6-7H2,(H,22,23)(H,24,25). The first-order valence-corrected chi connectivity index (χ1v) is 11.2. The summed E-state index contributed by atoms with van der Waals surface area (Å²) in [7, 11) is -3.81. The van der Waals surface area contributed by atoms with Crippen LogP contribution in [0.3, 0.4) is 0 Å². The first-order chi connectivity index (χ1) is 13.5. The van der Waals surface area contributed by atoms with Crippen molar-refractivity contribution in [3.63, 3.8) is 0 Å². The van der Waals surface area contributed by atoms with Crippen molar-refractivity contribution < 1.29 is 8.42 Å². The summed E-state index contributed by atoms with van der Waals surface area (Å²) < 4.78 is 28.3. The molecule has 8 heteroatoms. The van der Waals surface area contributed by atoms with Crippen molar-refractivity contribution in [2.24, 2.45) is 0 Å². The molecule has 4 rings (SSSR count). The second-order valence-corrected chi connectivity index (χ2v) is 9.07. The van der Waals surface area contributed by atoms with Gasteiger partial charge in [0.15, 0.2) is 11.6 Å². The van der Waals surface area contributed by atoms with Gasteiger partial charge in [-0.1, -0.05) is 43.0 Å². The fourth-order valence-electron chi connectivity index (χ4n) is 3.41. The molecule has 0 saturated heterocycles. The molecule has 0 unspecified atom stereocenters. The zero-order chi connectivity index (χ0) is 19.6. The molecule has 1 fully saturated rings. The molecule has 6 nitrogen and oxygen atoms in total.